The van der Waals surface area contributed by atoms with E-state index in [4.69, 9.17) is 4.99 Å². The van der Waals surface area contributed by atoms with Crippen molar-refractivity contribution >= 4 is 5.96 Å². The third-order valence-corrected chi connectivity index (χ3v) is 3.88. The maximum absolute atomic E-state index is 4.77. The molecule has 1 saturated heterocycles. The molecular formula is C16H29N5. The van der Waals surface area contributed by atoms with E-state index in [9.17, 15) is 0 Å². The van der Waals surface area contributed by atoms with Crippen LogP contribution in [0.2, 0.25) is 0 Å². The summed E-state index contributed by atoms with van der Waals surface area (Å²) in [6, 6.07) is 0. The highest BCUT2D eigenvalue weighted by molar-refractivity contribution is 5.80. The van der Waals surface area contributed by atoms with Crippen molar-refractivity contribution in [3.63, 3.8) is 0 Å². The summed E-state index contributed by atoms with van der Waals surface area (Å²) in [6.07, 6.45) is 6.24. The molecular weight excluding hydrogens is 262 g/mol. The molecule has 5 nitrogen and oxygen atoms in total. The van der Waals surface area contributed by atoms with Crippen molar-refractivity contribution in [2.24, 2.45) is 10.4 Å². The fourth-order valence-electron chi connectivity index (χ4n) is 2.73. The Labute approximate surface area is 128 Å². The summed E-state index contributed by atoms with van der Waals surface area (Å²) in [7, 11) is 0. The number of nitrogens with zero attached hydrogens (tertiary/aromatic N) is 4. The van der Waals surface area contributed by atoms with E-state index in [1.807, 2.05) is 10.9 Å². The molecule has 1 N–H and O–H groups in total. The van der Waals surface area contributed by atoms with E-state index in [0.29, 0.717) is 5.41 Å². The van der Waals surface area contributed by atoms with Gasteiger partial charge in [-0.25, -0.2) is 0 Å². The summed E-state index contributed by atoms with van der Waals surface area (Å²) in [6.45, 7) is 13.8. The van der Waals surface area contributed by atoms with Crippen LogP contribution in [0.15, 0.2) is 17.4 Å². The zero-order valence-electron chi connectivity index (χ0n) is 13.9. The van der Waals surface area contributed by atoms with Crippen LogP contribution in [-0.2, 0) is 6.54 Å². The molecule has 21 heavy (non-hydrogen) atoms. The van der Waals surface area contributed by atoms with Crippen LogP contribution < -0.4 is 5.32 Å². The third kappa shape index (κ3) is 4.76. The molecule has 1 fully saturated rings. The predicted octanol–water partition coefficient (Wildman–Crippen LogP) is 2.28. The molecule has 1 aliphatic rings. The Bertz CT molecular complexity index is 475. The molecule has 0 unspecified atom stereocenters. The maximum Gasteiger partial charge on any atom is 0.193 e. The molecule has 0 radical (unpaired) electrons. The van der Waals surface area contributed by atoms with Gasteiger partial charge in [-0.2, -0.15) is 5.10 Å². The molecule has 1 aromatic rings. The van der Waals surface area contributed by atoms with Crippen LogP contribution in [0.4, 0.5) is 0 Å². The molecule has 1 aromatic heterocycles. The van der Waals surface area contributed by atoms with Crippen LogP contribution >= 0.6 is 0 Å². The van der Waals surface area contributed by atoms with Gasteiger partial charge in [-0.3, -0.25) is 9.67 Å². The second kappa shape index (κ2) is 6.96. The lowest BCUT2D eigenvalue weighted by Gasteiger charge is -2.23. The molecule has 2 heterocycles. The van der Waals surface area contributed by atoms with Gasteiger partial charge in [-0.1, -0.05) is 13.8 Å². The lowest BCUT2D eigenvalue weighted by atomic mass is 9.93. The Morgan fingerprint density at radius 3 is 2.86 bits per heavy atom. The standard InChI is InChI=1S/C16H29N5/c1-5-17-15(20-10-7-16(3,4)13-20)18-8-6-9-21-12-14(2)11-19-21/h11-12H,5-10,13H2,1-4H3,(H,17,18). The minimum Gasteiger partial charge on any atom is -0.357 e. The van der Waals surface area contributed by atoms with E-state index in [1.54, 1.807) is 0 Å². The minimum absolute atomic E-state index is 0.406. The van der Waals surface area contributed by atoms with Gasteiger partial charge in [0.1, 0.15) is 0 Å². The maximum atomic E-state index is 4.77. The Morgan fingerprint density at radius 1 is 1.48 bits per heavy atom. The zero-order valence-corrected chi connectivity index (χ0v) is 13.9. The van der Waals surface area contributed by atoms with E-state index in [-0.39, 0.29) is 0 Å². The van der Waals surface area contributed by atoms with Crippen LogP contribution in [0, 0.1) is 12.3 Å². The fraction of sp³-hybridized carbons (Fsp3) is 0.750. The van der Waals surface area contributed by atoms with E-state index >= 15 is 0 Å². The zero-order chi connectivity index (χ0) is 15.3. The molecule has 1 aliphatic heterocycles. The highest BCUT2D eigenvalue weighted by atomic mass is 15.3. The van der Waals surface area contributed by atoms with Crippen LogP contribution in [-0.4, -0.2) is 46.8 Å². The Morgan fingerprint density at radius 2 is 2.29 bits per heavy atom. The lowest BCUT2D eigenvalue weighted by molar-refractivity contribution is 0.370. The quantitative estimate of drug-likeness (QED) is 0.514. The summed E-state index contributed by atoms with van der Waals surface area (Å²) in [4.78, 5) is 7.16. The first-order valence-corrected chi connectivity index (χ1v) is 8.02. The monoisotopic (exact) mass is 291 g/mol. The molecule has 0 aromatic carbocycles. The van der Waals surface area contributed by atoms with Gasteiger partial charge in [0, 0.05) is 38.9 Å². The molecule has 118 valence electrons. The number of nitrogens with one attached hydrogen (secondary N) is 1. The molecule has 0 bridgehead atoms. The molecule has 0 atom stereocenters. The number of aromatic nitrogens is 2. The average molecular weight is 291 g/mol. The normalized spacial score (nSPS) is 18.3. The first-order chi connectivity index (χ1) is 10.00. The minimum atomic E-state index is 0.406. The smallest absolute Gasteiger partial charge is 0.193 e. The largest absolute Gasteiger partial charge is 0.357 e. The van der Waals surface area contributed by atoms with Crippen molar-refractivity contribution in [3.8, 4) is 0 Å². The Kier molecular flexibility index (Phi) is 5.26. The van der Waals surface area contributed by atoms with Gasteiger partial charge in [-0.15, -0.1) is 0 Å². The van der Waals surface area contributed by atoms with Crippen molar-refractivity contribution in [2.45, 2.75) is 47.1 Å². The van der Waals surface area contributed by atoms with Crippen molar-refractivity contribution in [1.82, 2.24) is 20.0 Å². The predicted molar refractivity (Wildman–Crippen MR) is 87.5 cm³/mol. The van der Waals surface area contributed by atoms with Gasteiger partial charge in [0.25, 0.3) is 0 Å². The van der Waals surface area contributed by atoms with Gasteiger partial charge in [0.2, 0.25) is 0 Å². The van der Waals surface area contributed by atoms with Crippen LogP contribution in [0.3, 0.4) is 0 Å². The number of hydrogen-bond donors (Lipinski definition) is 1. The van der Waals surface area contributed by atoms with Gasteiger partial charge >= 0.3 is 0 Å². The number of guanidine groups is 1. The second-order valence-corrected chi connectivity index (χ2v) is 6.71. The van der Waals surface area contributed by atoms with Crippen molar-refractivity contribution in [2.75, 3.05) is 26.2 Å². The summed E-state index contributed by atoms with van der Waals surface area (Å²) in [5.41, 5.74) is 1.62. The van der Waals surface area contributed by atoms with Crippen LogP contribution in [0.25, 0.3) is 0 Å². The van der Waals surface area contributed by atoms with Crippen LogP contribution in [0.5, 0.6) is 0 Å². The van der Waals surface area contributed by atoms with Gasteiger partial charge in [-0.05, 0) is 37.7 Å². The number of aryl methyl sites for hydroxylation is 2. The molecule has 5 heteroatoms. The molecule has 0 spiro atoms. The van der Waals surface area contributed by atoms with Crippen molar-refractivity contribution in [1.29, 1.82) is 0 Å². The molecule has 2 rings (SSSR count). The van der Waals surface area contributed by atoms with Gasteiger partial charge in [0.05, 0.1) is 6.20 Å². The summed E-state index contributed by atoms with van der Waals surface area (Å²) >= 11 is 0. The SMILES string of the molecule is CCNC(=NCCCn1cc(C)cn1)N1CCC(C)(C)C1. The topological polar surface area (TPSA) is 45.5 Å². The van der Waals surface area contributed by atoms with E-state index in [2.05, 4.69) is 49.2 Å². The average Bonchev–Trinajstić information content (AvgIpc) is 2.99. The molecule has 0 amide bonds. The number of rotatable bonds is 5. The highest BCUT2D eigenvalue weighted by Crippen LogP contribution is 2.28. The Balaban J connectivity index is 1.83. The Hall–Kier alpha value is -1.52. The third-order valence-electron chi connectivity index (χ3n) is 3.88. The van der Waals surface area contributed by atoms with E-state index in [1.165, 1.54) is 12.0 Å². The van der Waals surface area contributed by atoms with Crippen molar-refractivity contribution in [3.05, 3.63) is 18.0 Å². The number of aliphatic imine (C=N–C) groups is 1. The summed E-state index contributed by atoms with van der Waals surface area (Å²) in [5.74, 6) is 1.07. The van der Waals surface area contributed by atoms with Crippen LogP contribution in [0.1, 0.15) is 39.2 Å². The highest BCUT2D eigenvalue weighted by Gasteiger charge is 2.30. The van der Waals surface area contributed by atoms with Gasteiger partial charge in [0.15, 0.2) is 5.96 Å². The summed E-state index contributed by atoms with van der Waals surface area (Å²) in [5, 5.41) is 7.73. The van der Waals surface area contributed by atoms with E-state index in [0.717, 1.165) is 45.1 Å². The molecule has 0 saturated carbocycles. The number of hydrogen-bond acceptors (Lipinski definition) is 2. The van der Waals surface area contributed by atoms with Crippen molar-refractivity contribution < 1.29 is 0 Å². The van der Waals surface area contributed by atoms with E-state index < -0.39 is 0 Å². The lowest BCUT2D eigenvalue weighted by Crippen LogP contribution is -2.40. The van der Waals surface area contributed by atoms with Gasteiger partial charge < -0.3 is 10.2 Å². The first kappa shape index (κ1) is 15.9. The first-order valence-electron chi connectivity index (χ1n) is 8.02. The second-order valence-electron chi connectivity index (χ2n) is 6.71. The fourth-order valence-corrected chi connectivity index (χ4v) is 2.73. The number of likely N-dealkylation sites (tertiary alicyclic amines) is 1. The summed E-state index contributed by atoms with van der Waals surface area (Å²) < 4.78 is 2.00. The molecule has 0 aliphatic carbocycles.